The highest BCUT2D eigenvalue weighted by Crippen LogP contribution is 1.87. The predicted octanol–water partition coefficient (Wildman–Crippen LogP) is 0.144. The molecule has 0 aromatic carbocycles. The SMILES string of the molecule is CCOCn1cnc(C#N)n1. The van der Waals surface area contributed by atoms with Crippen molar-refractivity contribution in [1.82, 2.24) is 14.8 Å². The standard InChI is InChI=1S/C6H8N4O/c1-2-11-5-10-4-8-6(3-7)9-10/h4H,2,5H2,1H3. The molecule has 0 saturated carbocycles. The van der Waals surface area contributed by atoms with Gasteiger partial charge in [0.1, 0.15) is 19.1 Å². The normalized spacial score (nSPS) is 9.45. The van der Waals surface area contributed by atoms with E-state index in [0.29, 0.717) is 13.3 Å². The van der Waals surface area contributed by atoms with Crippen LogP contribution < -0.4 is 0 Å². The third-order valence-electron chi connectivity index (χ3n) is 1.06. The number of rotatable bonds is 3. The Labute approximate surface area is 64.2 Å². The van der Waals surface area contributed by atoms with Crippen molar-refractivity contribution >= 4 is 0 Å². The topological polar surface area (TPSA) is 63.7 Å². The van der Waals surface area contributed by atoms with E-state index >= 15 is 0 Å². The Morgan fingerprint density at radius 1 is 1.82 bits per heavy atom. The van der Waals surface area contributed by atoms with Crippen LogP contribution in [0.25, 0.3) is 0 Å². The number of nitrogens with zero attached hydrogens (tertiary/aromatic N) is 4. The molecule has 0 fully saturated rings. The number of aromatic nitrogens is 3. The largest absolute Gasteiger partial charge is 0.359 e. The van der Waals surface area contributed by atoms with E-state index in [9.17, 15) is 0 Å². The lowest BCUT2D eigenvalue weighted by Gasteiger charge is -1.97. The highest BCUT2D eigenvalue weighted by Gasteiger charge is 1.96. The minimum absolute atomic E-state index is 0.171. The van der Waals surface area contributed by atoms with Gasteiger partial charge in [0.05, 0.1) is 0 Å². The summed E-state index contributed by atoms with van der Waals surface area (Å²) in [5.41, 5.74) is 0. The summed E-state index contributed by atoms with van der Waals surface area (Å²) in [5.74, 6) is 0.171. The molecule has 0 bridgehead atoms. The van der Waals surface area contributed by atoms with Crippen molar-refractivity contribution in [2.24, 2.45) is 0 Å². The van der Waals surface area contributed by atoms with Gasteiger partial charge in [-0.15, -0.1) is 5.10 Å². The third kappa shape index (κ3) is 2.02. The summed E-state index contributed by atoms with van der Waals surface area (Å²) in [6.07, 6.45) is 1.47. The Hall–Kier alpha value is -1.41. The summed E-state index contributed by atoms with van der Waals surface area (Å²) in [5, 5.41) is 12.1. The minimum Gasteiger partial charge on any atom is -0.359 e. The van der Waals surface area contributed by atoms with Gasteiger partial charge in [0.25, 0.3) is 5.82 Å². The monoisotopic (exact) mass is 152 g/mol. The molecule has 0 aliphatic heterocycles. The van der Waals surface area contributed by atoms with Crippen molar-refractivity contribution in [3.63, 3.8) is 0 Å². The average Bonchev–Trinajstić information content (AvgIpc) is 2.48. The Balaban J connectivity index is 2.53. The van der Waals surface area contributed by atoms with Gasteiger partial charge in [-0.1, -0.05) is 0 Å². The van der Waals surface area contributed by atoms with Gasteiger partial charge in [0.2, 0.25) is 0 Å². The molecule has 1 heterocycles. The zero-order chi connectivity index (χ0) is 8.10. The molecule has 5 heteroatoms. The van der Waals surface area contributed by atoms with Crippen molar-refractivity contribution < 1.29 is 4.74 Å². The van der Waals surface area contributed by atoms with Crippen LogP contribution in [0.2, 0.25) is 0 Å². The molecule has 0 spiro atoms. The second-order valence-corrected chi connectivity index (χ2v) is 1.84. The number of ether oxygens (including phenoxy) is 1. The summed E-state index contributed by atoms with van der Waals surface area (Å²) in [6, 6.07) is 1.83. The second kappa shape index (κ2) is 3.68. The number of hydrogen-bond acceptors (Lipinski definition) is 4. The van der Waals surface area contributed by atoms with Crippen molar-refractivity contribution in [2.75, 3.05) is 6.61 Å². The van der Waals surface area contributed by atoms with E-state index in [1.807, 2.05) is 13.0 Å². The Morgan fingerprint density at radius 3 is 3.18 bits per heavy atom. The summed E-state index contributed by atoms with van der Waals surface area (Å²) in [7, 11) is 0. The highest BCUT2D eigenvalue weighted by atomic mass is 16.5. The van der Waals surface area contributed by atoms with Crippen LogP contribution in [0, 0.1) is 11.3 Å². The van der Waals surface area contributed by atoms with E-state index < -0.39 is 0 Å². The van der Waals surface area contributed by atoms with Gasteiger partial charge in [0, 0.05) is 6.61 Å². The van der Waals surface area contributed by atoms with Crippen LogP contribution in [0.3, 0.4) is 0 Å². The maximum atomic E-state index is 8.35. The molecule has 5 nitrogen and oxygen atoms in total. The van der Waals surface area contributed by atoms with Gasteiger partial charge >= 0.3 is 0 Å². The molecule has 1 rings (SSSR count). The molecule has 1 aromatic rings. The molecular weight excluding hydrogens is 144 g/mol. The molecule has 58 valence electrons. The molecule has 0 aliphatic carbocycles. The molecule has 0 saturated heterocycles. The summed E-state index contributed by atoms with van der Waals surface area (Å²) in [6.45, 7) is 2.87. The number of nitriles is 1. The van der Waals surface area contributed by atoms with Crippen LogP contribution in [0.1, 0.15) is 12.7 Å². The zero-order valence-electron chi connectivity index (χ0n) is 6.19. The Kier molecular flexibility index (Phi) is 2.58. The van der Waals surface area contributed by atoms with Gasteiger partial charge < -0.3 is 4.74 Å². The molecule has 0 unspecified atom stereocenters. The quantitative estimate of drug-likeness (QED) is 0.618. The van der Waals surface area contributed by atoms with Gasteiger partial charge in [-0.2, -0.15) is 5.26 Å². The van der Waals surface area contributed by atoms with Crippen LogP contribution in [0.15, 0.2) is 6.33 Å². The third-order valence-corrected chi connectivity index (χ3v) is 1.06. The summed E-state index contributed by atoms with van der Waals surface area (Å²) < 4.78 is 6.50. The lowest BCUT2D eigenvalue weighted by Crippen LogP contribution is -2.02. The van der Waals surface area contributed by atoms with Crippen LogP contribution in [-0.2, 0) is 11.5 Å². The fourth-order valence-corrected chi connectivity index (χ4v) is 0.593. The molecule has 1 aromatic heterocycles. The summed E-state index contributed by atoms with van der Waals surface area (Å²) >= 11 is 0. The lowest BCUT2D eigenvalue weighted by atomic mass is 10.7. The van der Waals surface area contributed by atoms with Crippen LogP contribution in [0.5, 0.6) is 0 Å². The molecule has 11 heavy (non-hydrogen) atoms. The van der Waals surface area contributed by atoms with E-state index in [2.05, 4.69) is 10.1 Å². The van der Waals surface area contributed by atoms with E-state index in [1.165, 1.54) is 11.0 Å². The van der Waals surface area contributed by atoms with Gasteiger partial charge in [-0.25, -0.2) is 9.67 Å². The van der Waals surface area contributed by atoms with Crippen LogP contribution in [-0.4, -0.2) is 21.4 Å². The smallest absolute Gasteiger partial charge is 0.252 e. The average molecular weight is 152 g/mol. The van der Waals surface area contributed by atoms with Gasteiger partial charge in [-0.05, 0) is 6.92 Å². The minimum atomic E-state index is 0.171. The zero-order valence-corrected chi connectivity index (χ0v) is 6.19. The van der Waals surface area contributed by atoms with Crippen LogP contribution in [0.4, 0.5) is 0 Å². The maximum Gasteiger partial charge on any atom is 0.252 e. The molecule has 0 radical (unpaired) electrons. The molecule has 0 aliphatic rings. The van der Waals surface area contributed by atoms with Gasteiger partial charge in [0.15, 0.2) is 0 Å². The van der Waals surface area contributed by atoms with Crippen LogP contribution >= 0.6 is 0 Å². The molecule has 0 N–H and O–H groups in total. The fourth-order valence-electron chi connectivity index (χ4n) is 0.593. The van der Waals surface area contributed by atoms with E-state index in [-0.39, 0.29) is 5.82 Å². The van der Waals surface area contributed by atoms with E-state index in [0.717, 1.165) is 0 Å². The first-order chi connectivity index (χ1) is 5.36. The predicted molar refractivity (Wildman–Crippen MR) is 36.4 cm³/mol. The summed E-state index contributed by atoms with van der Waals surface area (Å²) in [4.78, 5) is 3.70. The van der Waals surface area contributed by atoms with Crippen molar-refractivity contribution in [3.8, 4) is 6.07 Å². The van der Waals surface area contributed by atoms with E-state index in [1.54, 1.807) is 0 Å². The first kappa shape index (κ1) is 7.69. The maximum absolute atomic E-state index is 8.35. The Morgan fingerprint density at radius 2 is 2.64 bits per heavy atom. The van der Waals surface area contributed by atoms with E-state index in [4.69, 9.17) is 10.00 Å². The first-order valence-corrected chi connectivity index (χ1v) is 3.24. The van der Waals surface area contributed by atoms with Crippen molar-refractivity contribution in [1.29, 1.82) is 5.26 Å². The van der Waals surface area contributed by atoms with Crippen molar-refractivity contribution in [3.05, 3.63) is 12.2 Å². The number of hydrogen-bond donors (Lipinski definition) is 0. The van der Waals surface area contributed by atoms with Crippen molar-refractivity contribution in [2.45, 2.75) is 13.7 Å². The fraction of sp³-hybridized carbons (Fsp3) is 0.500. The van der Waals surface area contributed by atoms with Gasteiger partial charge in [-0.3, -0.25) is 0 Å². The first-order valence-electron chi connectivity index (χ1n) is 3.24. The Bertz CT molecular complexity index is 262. The molecule has 0 amide bonds. The molecule has 0 atom stereocenters. The highest BCUT2D eigenvalue weighted by molar-refractivity contribution is 5.05. The second-order valence-electron chi connectivity index (χ2n) is 1.84. The lowest BCUT2D eigenvalue weighted by molar-refractivity contribution is 0.0788. The molecular formula is C6H8N4O.